The molecule has 4 heteroatoms. The smallest absolute Gasteiger partial charge is 0.228 e. The van der Waals surface area contributed by atoms with Gasteiger partial charge in [0, 0.05) is 23.2 Å². The van der Waals surface area contributed by atoms with Gasteiger partial charge < -0.3 is 10.6 Å². The predicted octanol–water partition coefficient (Wildman–Crippen LogP) is 8.07. The third-order valence-electron chi connectivity index (χ3n) is 8.51. The lowest BCUT2D eigenvalue weighted by atomic mass is 9.86. The van der Waals surface area contributed by atoms with Crippen molar-refractivity contribution in [1.29, 1.82) is 0 Å². The first-order valence-electron chi connectivity index (χ1n) is 14.2. The van der Waals surface area contributed by atoms with Crippen molar-refractivity contribution in [3.63, 3.8) is 0 Å². The summed E-state index contributed by atoms with van der Waals surface area (Å²) in [5.74, 6) is 0.609. The zero-order chi connectivity index (χ0) is 28.1. The Bertz CT molecular complexity index is 1270. The van der Waals surface area contributed by atoms with E-state index in [0.29, 0.717) is 0 Å². The Kier molecular flexibility index (Phi) is 6.95. The van der Waals surface area contributed by atoms with Crippen molar-refractivity contribution in [2.24, 2.45) is 11.8 Å². The van der Waals surface area contributed by atoms with Crippen LogP contribution in [0.25, 0.3) is 0 Å². The van der Waals surface area contributed by atoms with E-state index < -0.39 is 0 Å². The molecular formula is C35H42N2O2. The SMILES string of the molecule is Cc1c(NC(=O)[C@H]2C[C@@H]2c2ccc(C(C)(C)C)cc2)cccc1NC(=O)[C@@H]1C[C@@H]1c1ccc(C(C)(C)C)cc1. The molecule has 2 N–H and O–H groups in total. The molecule has 0 heterocycles. The summed E-state index contributed by atoms with van der Waals surface area (Å²) in [5, 5.41) is 6.26. The van der Waals surface area contributed by atoms with Crippen LogP contribution in [0.1, 0.15) is 94.0 Å². The minimum absolute atomic E-state index is 0.0139. The lowest BCUT2D eigenvalue weighted by Gasteiger charge is -2.19. The molecule has 39 heavy (non-hydrogen) atoms. The summed E-state index contributed by atoms with van der Waals surface area (Å²) in [7, 11) is 0. The second-order valence-electron chi connectivity index (χ2n) is 13.6. The van der Waals surface area contributed by atoms with Gasteiger partial charge in [-0.3, -0.25) is 9.59 Å². The minimum atomic E-state index is -0.0139. The van der Waals surface area contributed by atoms with Gasteiger partial charge in [-0.1, -0.05) is 96.1 Å². The van der Waals surface area contributed by atoms with Gasteiger partial charge in [0.05, 0.1) is 0 Å². The zero-order valence-corrected chi connectivity index (χ0v) is 24.4. The average molecular weight is 523 g/mol. The van der Waals surface area contributed by atoms with Gasteiger partial charge in [0.2, 0.25) is 11.8 Å². The molecule has 4 nitrogen and oxygen atoms in total. The highest BCUT2D eigenvalue weighted by molar-refractivity contribution is 5.99. The van der Waals surface area contributed by atoms with Crippen molar-refractivity contribution < 1.29 is 9.59 Å². The second kappa shape index (κ2) is 9.97. The Labute approximate surface area is 233 Å². The van der Waals surface area contributed by atoms with Crippen LogP contribution >= 0.6 is 0 Å². The molecule has 2 aliphatic carbocycles. The molecule has 0 unspecified atom stereocenters. The van der Waals surface area contributed by atoms with Crippen LogP contribution in [0.4, 0.5) is 11.4 Å². The van der Waals surface area contributed by atoms with Crippen molar-refractivity contribution in [3.05, 3.63) is 94.5 Å². The van der Waals surface area contributed by atoms with Gasteiger partial charge in [0.25, 0.3) is 0 Å². The minimum Gasteiger partial charge on any atom is -0.326 e. The maximum absolute atomic E-state index is 13.1. The molecule has 3 aromatic carbocycles. The van der Waals surface area contributed by atoms with Gasteiger partial charge in [0.1, 0.15) is 0 Å². The standard InChI is InChI=1S/C35H42N2O2/c1-21-30(36-32(38)28-19-26(28)22-11-15-24(16-12-22)34(2,3)4)9-8-10-31(21)37-33(39)29-20-27(29)23-13-17-25(18-14-23)35(5,6)7/h8-18,26-29H,19-20H2,1-7H3,(H,36,38)(H,37,39)/t26-,27-,28-,29+/m1/s1. The fourth-order valence-corrected chi connectivity index (χ4v) is 5.52. The average Bonchev–Trinajstić information content (AvgIpc) is 3.79. The molecule has 0 spiro atoms. The van der Waals surface area contributed by atoms with E-state index in [1.54, 1.807) is 0 Å². The molecule has 2 amide bonds. The van der Waals surface area contributed by atoms with Crippen molar-refractivity contribution in [3.8, 4) is 0 Å². The predicted molar refractivity (Wildman–Crippen MR) is 160 cm³/mol. The number of carbonyl (C=O) groups is 2. The molecule has 0 bridgehead atoms. The Balaban J connectivity index is 1.18. The molecule has 4 atom stereocenters. The highest BCUT2D eigenvalue weighted by Crippen LogP contribution is 2.49. The maximum atomic E-state index is 13.1. The van der Waals surface area contributed by atoms with Crippen molar-refractivity contribution in [2.45, 2.75) is 84.0 Å². The number of benzene rings is 3. The van der Waals surface area contributed by atoms with Gasteiger partial charge in [-0.05, 0) is 82.4 Å². The van der Waals surface area contributed by atoms with Gasteiger partial charge in [-0.2, -0.15) is 0 Å². The van der Waals surface area contributed by atoms with Crippen LogP contribution in [0.5, 0.6) is 0 Å². The van der Waals surface area contributed by atoms with Crippen molar-refractivity contribution in [1.82, 2.24) is 0 Å². The first-order chi connectivity index (χ1) is 18.3. The first kappa shape index (κ1) is 27.2. The molecule has 0 aromatic heterocycles. The van der Waals surface area contributed by atoms with E-state index >= 15 is 0 Å². The topological polar surface area (TPSA) is 58.2 Å². The van der Waals surface area contributed by atoms with Crippen LogP contribution in [-0.2, 0) is 20.4 Å². The van der Waals surface area contributed by atoms with Crippen LogP contribution < -0.4 is 10.6 Å². The van der Waals surface area contributed by atoms with E-state index in [1.165, 1.54) is 22.3 Å². The number of hydrogen-bond acceptors (Lipinski definition) is 2. The summed E-state index contributed by atoms with van der Waals surface area (Å²) in [5.41, 5.74) is 7.72. The molecule has 3 aromatic rings. The van der Waals surface area contributed by atoms with Gasteiger partial charge in [-0.25, -0.2) is 0 Å². The zero-order valence-electron chi connectivity index (χ0n) is 24.4. The largest absolute Gasteiger partial charge is 0.326 e. The van der Waals surface area contributed by atoms with Crippen LogP contribution in [0, 0.1) is 18.8 Å². The molecule has 2 aliphatic rings. The Morgan fingerprint density at radius 2 is 0.974 bits per heavy atom. The summed E-state index contributed by atoms with van der Waals surface area (Å²) in [6, 6.07) is 23.1. The second-order valence-corrected chi connectivity index (χ2v) is 13.6. The van der Waals surface area contributed by atoms with Crippen molar-refractivity contribution in [2.75, 3.05) is 10.6 Å². The Morgan fingerprint density at radius 3 is 1.31 bits per heavy atom. The van der Waals surface area contributed by atoms with E-state index in [9.17, 15) is 9.59 Å². The molecule has 2 saturated carbocycles. The lowest BCUT2D eigenvalue weighted by Crippen LogP contribution is -2.18. The monoisotopic (exact) mass is 522 g/mol. The number of anilines is 2. The quantitative estimate of drug-likeness (QED) is 0.344. The summed E-state index contributed by atoms with van der Waals surface area (Å²) in [4.78, 5) is 26.2. The Hall–Kier alpha value is -3.40. The highest BCUT2D eigenvalue weighted by atomic mass is 16.2. The molecule has 0 aliphatic heterocycles. The fraction of sp³-hybridized carbons (Fsp3) is 0.429. The van der Waals surface area contributed by atoms with Crippen LogP contribution in [-0.4, -0.2) is 11.8 Å². The molecule has 204 valence electrons. The van der Waals surface area contributed by atoms with Gasteiger partial charge in [-0.15, -0.1) is 0 Å². The molecule has 2 fully saturated rings. The first-order valence-corrected chi connectivity index (χ1v) is 14.2. The number of rotatable bonds is 6. The van der Waals surface area contributed by atoms with Crippen LogP contribution in [0.3, 0.4) is 0 Å². The van der Waals surface area contributed by atoms with Crippen LogP contribution in [0.2, 0.25) is 0 Å². The van der Waals surface area contributed by atoms with E-state index in [4.69, 9.17) is 0 Å². The fourth-order valence-electron chi connectivity index (χ4n) is 5.52. The molecule has 5 rings (SSSR count). The van der Waals surface area contributed by atoms with E-state index in [-0.39, 0.29) is 46.3 Å². The third kappa shape index (κ3) is 5.95. The Morgan fingerprint density at radius 1 is 0.615 bits per heavy atom. The molecular weight excluding hydrogens is 480 g/mol. The maximum Gasteiger partial charge on any atom is 0.228 e. The van der Waals surface area contributed by atoms with Crippen LogP contribution in [0.15, 0.2) is 66.7 Å². The van der Waals surface area contributed by atoms with Gasteiger partial charge >= 0.3 is 0 Å². The number of hydrogen-bond donors (Lipinski definition) is 2. The molecule has 0 radical (unpaired) electrons. The van der Waals surface area contributed by atoms with E-state index in [0.717, 1.165) is 29.8 Å². The summed E-state index contributed by atoms with van der Waals surface area (Å²) < 4.78 is 0. The summed E-state index contributed by atoms with van der Waals surface area (Å²) in [6.45, 7) is 15.2. The van der Waals surface area contributed by atoms with Crippen molar-refractivity contribution >= 4 is 23.2 Å². The van der Waals surface area contributed by atoms with Gasteiger partial charge in [0.15, 0.2) is 0 Å². The normalized spacial score (nSPS) is 22.2. The number of carbonyl (C=O) groups excluding carboxylic acids is 2. The number of nitrogens with one attached hydrogen (secondary N) is 2. The third-order valence-corrected chi connectivity index (χ3v) is 8.51. The summed E-state index contributed by atoms with van der Waals surface area (Å²) in [6.07, 6.45) is 1.74. The molecule has 0 saturated heterocycles. The highest BCUT2D eigenvalue weighted by Gasteiger charge is 2.45. The number of amides is 2. The van der Waals surface area contributed by atoms with E-state index in [2.05, 4.69) is 101 Å². The summed E-state index contributed by atoms with van der Waals surface area (Å²) >= 11 is 0. The lowest BCUT2D eigenvalue weighted by molar-refractivity contribution is -0.118. The van der Waals surface area contributed by atoms with E-state index in [1.807, 2.05) is 25.1 Å².